The van der Waals surface area contributed by atoms with Crippen LogP contribution < -0.4 is 10.6 Å². The van der Waals surface area contributed by atoms with Crippen LogP contribution >= 0.6 is 0 Å². The lowest BCUT2D eigenvalue weighted by molar-refractivity contribution is -0.139. The first-order valence-electron chi connectivity index (χ1n) is 6.99. The summed E-state index contributed by atoms with van der Waals surface area (Å²) in [7, 11) is 1.55. The van der Waals surface area contributed by atoms with Crippen molar-refractivity contribution in [2.75, 3.05) is 13.7 Å². The number of nitrogens with one attached hydrogen (secondary N) is 2. The van der Waals surface area contributed by atoms with E-state index < -0.39 is 18.0 Å². The molecule has 116 valence electrons. The number of methoxy groups -OCH3 is 1. The van der Waals surface area contributed by atoms with E-state index >= 15 is 0 Å². The van der Waals surface area contributed by atoms with Crippen molar-refractivity contribution in [3.8, 4) is 0 Å². The van der Waals surface area contributed by atoms with Gasteiger partial charge in [0.1, 0.15) is 6.04 Å². The van der Waals surface area contributed by atoms with Gasteiger partial charge in [-0.15, -0.1) is 0 Å². The molecule has 0 saturated heterocycles. The molecule has 0 spiro atoms. The number of ether oxygens (including phenoxy) is 1. The van der Waals surface area contributed by atoms with E-state index in [-0.39, 0.29) is 12.1 Å². The third-order valence-corrected chi connectivity index (χ3v) is 3.48. The predicted octanol–water partition coefficient (Wildman–Crippen LogP) is 0.469. The maximum Gasteiger partial charge on any atom is 0.326 e. The SMILES string of the molecule is COCCCC(NC(=O)NC1CCC(O)CC1)C(=O)O. The quantitative estimate of drug-likeness (QED) is 0.509. The van der Waals surface area contributed by atoms with Crippen LogP contribution in [0.4, 0.5) is 4.79 Å². The number of carbonyl (C=O) groups excluding carboxylic acids is 1. The van der Waals surface area contributed by atoms with E-state index in [2.05, 4.69) is 10.6 Å². The van der Waals surface area contributed by atoms with Crippen LogP contribution in [0.15, 0.2) is 0 Å². The number of aliphatic carboxylic acids is 1. The molecule has 0 aromatic carbocycles. The van der Waals surface area contributed by atoms with Gasteiger partial charge in [-0.1, -0.05) is 0 Å². The molecule has 20 heavy (non-hydrogen) atoms. The van der Waals surface area contributed by atoms with E-state index in [1.54, 1.807) is 7.11 Å². The fraction of sp³-hybridized carbons (Fsp3) is 0.846. The first kappa shape index (κ1) is 16.7. The summed E-state index contributed by atoms with van der Waals surface area (Å²) in [5.41, 5.74) is 0. The smallest absolute Gasteiger partial charge is 0.326 e. The van der Waals surface area contributed by atoms with Gasteiger partial charge >= 0.3 is 12.0 Å². The second-order valence-corrected chi connectivity index (χ2v) is 5.15. The number of aliphatic hydroxyl groups is 1. The van der Waals surface area contributed by atoms with Crippen LogP contribution in [0, 0.1) is 0 Å². The molecule has 7 nitrogen and oxygen atoms in total. The molecule has 0 heterocycles. The van der Waals surface area contributed by atoms with Gasteiger partial charge in [-0.25, -0.2) is 9.59 Å². The average Bonchev–Trinajstić information content (AvgIpc) is 2.40. The lowest BCUT2D eigenvalue weighted by Crippen LogP contribution is -2.50. The van der Waals surface area contributed by atoms with Crippen LogP contribution in [0.1, 0.15) is 38.5 Å². The van der Waals surface area contributed by atoms with E-state index in [9.17, 15) is 14.7 Å². The number of carboxylic acid groups (broad SMARTS) is 1. The zero-order valence-electron chi connectivity index (χ0n) is 11.8. The van der Waals surface area contributed by atoms with E-state index in [0.29, 0.717) is 32.3 Å². The van der Waals surface area contributed by atoms with E-state index in [1.807, 2.05) is 0 Å². The van der Waals surface area contributed by atoms with E-state index in [1.165, 1.54) is 0 Å². The maximum absolute atomic E-state index is 11.8. The predicted molar refractivity (Wildman–Crippen MR) is 72.5 cm³/mol. The fourth-order valence-electron chi connectivity index (χ4n) is 2.29. The molecule has 4 N–H and O–H groups in total. The van der Waals surface area contributed by atoms with Crippen LogP contribution in [-0.2, 0) is 9.53 Å². The summed E-state index contributed by atoms with van der Waals surface area (Å²) in [6, 6.07) is -1.36. The van der Waals surface area contributed by atoms with Crippen LogP contribution in [0.3, 0.4) is 0 Å². The van der Waals surface area contributed by atoms with Crippen LogP contribution in [0.25, 0.3) is 0 Å². The van der Waals surface area contributed by atoms with Gasteiger partial charge in [0.05, 0.1) is 6.10 Å². The zero-order chi connectivity index (χ0) is 15.0. The summed E-state index contributed by atoms with van der Waals surface area (Å²) >= 11 is 0. The normalized spacial score (nSPS) is 23.9. The molecule has 0 bridgehead atoms. The van der Waals surface area contributed by atoms with Gasteiger partial charge < -0.3 is 25.6 Å². The monoisotopic (exact) mass is 288 g/mol. The van der Waals surface area contributed by atoms with Crippen molar-refractivity contribution in [1.82, 2.24) is 10.6 Å². The summed E-state index contributed by atoms with van der Waals surface area (Å²) in [6.07, 6.45) is 3.40. The highest BCUT2D eigenvalue weighted by molar-refractivity contribution is 5.82. The Balaban J connectivity index is 2.32. The summed E-state index contributed by atoms with van der Waals surface area (Å²) in [5.74, 6) is -1.05. The Kier molecular flexibility index (Phi) is 7.32. The molecule has 1 rings (SSSR count). The lowest BCUT2D eigenvalue weighted by Gasteiger charge is -2.26. The molecular formula is C13H24N2O5. The molecule has 7 heteroatoms. The molecule has 0 aromatic heterocycles. The second kappa shape index (κ2) is 8.76. The molecular weight excluding hydrogens is 264 g/mol. The lowest BCUT2D eigenvalue weighted by atomic mass is 9.93. The van der Waals surface area contributed by atoms with Crippen molar-refractivity contribution in [3.05, 3.63) is 0 Å². The van der Waals surface area contributed by atoms with E-state index in [4.69, 9.17) is 9.84 Å². The van der Waals surface area contributed by atoms with Crippen molar-refractivity contribution in [2.24, 2.45) is 0 Å². The molecule has 0 aliphatic heterocycles. The van der Waals surface area contributed by atoms with Crippen molar-refractivity contribution >= 4 is 12.0 Å². The molecule has 1 saturated carbocycles. The fourth-order valence-corrected chi connectivity index (χ4v) is 2.29. The number of urea groups is 1. The maximum atomic E-state index is 11.8. The Morgan fingerprint density at radius 3 is 2.50 bits per heavy atom. The van der Waals surface area contributed by atoms with Gasteiger partial charge in [-0.3, -0.25) is 0 Å². The summed E-state index contributed by atoms with van der Waals surface area (Å²) in [6.45, 7) is 0.466. The largest absolute Gasteiger partial charge is 0.480 e. The number of amides is 2. The highest BCUT2D eigenvalue weighted by Gasteiger charge is 2.23. The Labute approximate surface area is 118 Å². The summed E-state index contributed by atoms with van der Waals surface area (Å²) < 4.78 is 4.86. The number of hydrogen-bond acceptors (Lipinski definition) is 4. The number of carboxylic acids is 1. The van der Waals surface area contributed by atoms with Crippen molar-refractivity contribution in [3.63, 3.8) is 0 Å². The Morgan fingerprint density at radius 1 is 1.30 bits per heavy atom. The summed E-state index contributed by atoms with van der Waals surface area (Å²) in [5, 5.41) is 23.7. The average molecular weight is 288 g/mol. The second-order valence-electron chi connectivity index (χ2n) is 5.15. The van der Waals surface area contributed by atoms with Gasteiger partial charge in [-0.2, -0.15) is 0 Å². The molecule has 2 amide bonds. The molecule has 0 aromatic rings. The van der Waals surface area contributed by atoms with Crippen LogP contribution in [-0.4, -0.2) is 54.1 Å². The molecule has 1 aliphatic carbocycles. The molecule has 0 radical (unpaired) electrons. The minimum atomic E-state index is -1.05. The third kappa shape index (κ3) is 6.21. The molecule has 1 aliphatic rings. The Bertz CT molecular complexity index is 316. The zero-order valence-corrected chi connectivity index (χ0v) is 11.8. The van der Waals surface area contributed by atoms with Crippen LogP contribution in [0.5, 0.6) is 0 Å². The van der Waals surface area contributed by atoms with Gasteiger partial charge in [0.2, 0.25) is 0 Å². The standard InChI is InChI=1S/C13H24N2O5/c1-20-8-2-3-11(12(17)18)15-13(19)14-9-4-6-10(16)7-5-9/h9-11,16H,2-8H2,1H3,(H,17,18)(H2,14,15,19). The number of rotatable bonds is 7. The highest BCUT2D eigenvalue weighted by Crippen LogP contribution is 2.18. The molecule has 1 unspecified atom stereocenters. The van der Waals surface area contributed by atoms with E-state index in [0.717, 1.165) is 12.8 Å². The third-order valence-electron chi connectivity index (χ3n) is 3.48. The number of hydrogen-bond donors (Lipinski definition) is 4. The Hall–Kier alpha value is -1.34. The minimum absolute atomic E-state index is 0.00631. The number of carbonyl (C=O) groups is 2. The van der Waals surface area contributed by atoms with Crippen molar-refractivity contribution < 1.29 is 24.5 Å². The molecule has 1 fully saturated rings. The topological polar surface area (TPSA) is 108 Å². The first-order valence-corrected chi connectivity index (χ1v) is 6.99. The first-order chi connectivity index (χ1) is 9.52. The highest BCUT2D eigenvalue weighted by atomic mass is 16.5. The van der Waals surface area contributed by atoms with Gasteiger partial charge in [0, 0.05) is 19.8 Å². The van der Waals surface area contributed by atoms with Crippen molar-refractivity contribution in [2.45, 2.75) is 56.7 Å². The van der Waals surface area contributed by atoms with Crippen molar-refractivity contribution in [1.29, 1.82) is 0 Å². The minimum Gasteiger partial charge on any atom is -0.480 e. The van der Waals surface area contributed by atoms with Crippen LogP contribution in [0.2, 0.25) is 0 Å². The van der Waals surface area contributed by atoms with Gasteiger partial charge in [0.25, 0.3) is 0 Å². The molecule has 1 atom stereocenters. The van der Waals surface area contributed by atoms with Gasteiger partial charge in [-0.05, 0) is 38.5 Å². The van der Waals surface area contributed by atoms with Gasteiger partial charge in [0.15, 0.2) is 0 Å². The Morgan fingerprint density at radius 2 is 1.95 bits per heavy atom. The number of aliphatic hydroxyl groups excluding tert-OH is 1. The summed E-state index contributed by atoms with van der Waals surface area (Å²) in [4.78, 5) is 22.8.